The van der Waals surface area contributed by atoms with Gasteiger partial charge in [0, 0.05) is 22.6 Å². The van der Waals surface area contributed by atoms with Gasteiger partial charge in [0.15, 0.2) is 5.78 Å². The van der Waals surface area contributed by atoms with Crippen molar-refractivity contribution in [1.82, 2.24) is 4.90 Å². The molecule has 0 N–H and O–H groups in total. The van der Waals surface area contributed by atoms with Crippen molar-refractivity contribution in [2.24, 2.45) is 0 Å². The largest absolute Gasteiger partial charge is 0.496 e. The quantitative estimate of drug-likeness (QED) is 0.592. The Bertz CT molecular complexity index is 1270. The first-order valence-corrected chi connectivity index (χ1v) is 12.7. The highest BCUT2D eigenvalue weighted by Gasteiger charge is 2.44. The molecule has 34 heavy (non-hydrogen) atoms. The topological polar surface area (TPSA) is 53.3 Å². The smallest absolute Gasteiger partial charge is 0.194 e. The molecule has 0 atom stereocenters. The first-order chi connectivity index (χ1) is 16.4. The summed E-state index contributed by atoms with van der Waals surface area (Å²) >= 11 is 0. The highest BCUT2D eigenvalue weighted by molar-refractivity contribution is 6.33. The molecule has 0 unspecified atom stereocenters. The van der Waals surface area contributed by atoms with Crippen LogP contribution in [0.2, 0.25) is 0 Å². The number of fused-ring (bicyclic) bond motifs is 3. The summed E-state index contributed by atoms with van der Waals surface area (Å²) in [6, 6.07) is 13.1. The van der Waals surface area contributed by atoms with Crippen molar-refractivity contribution in [3.63, 3.8) is 0 Å². The van der Waals surface area contributed by atoms with Crippen LogP contribution in [0.15, 0.2) is 35.9 Å². The van der Waals surface area contributed by atoms with E-state index >= 15 is 0 Å². The van der Waals surface area contributed by atoms with Crippen LogP contribution < -0.4 is 4.74 Å². The van der Waals surface area contributed by atoms with E-state index < -0.39 is 0 Å². The number of benzene rings is 2. The maximum Gasteiger partial charge on any atom is 0.194 e. The van der Waals surface area contributed by atoms with Gasteiger partial charge in [-0.2, -0.15) is 5.26 Å². The van der Waals surface area contributed by atoms with Gasteiger partial charge in [-0.1, -0.05) is 32.4 Å². The van der Waals surface area contributed by atoms with Crippen LogP contribution in [0.5, 0.6) is 5.75 Å². The van der Waals surface area contributed by atoms with E-state index in [2.05, 4.69) is 30.9 Å². The SMILES string of the molecule is COc1cc2c(cc1C1CCN(C3CCC3)CC1)C(C)(C)C1=C(C2=O)c2ccc(C#N)cc2C1. The number of likely N-dealkylation sites (tertiary alicyclic amines) is 1. The predicted octanol–water partition coefficient (Wildman–Crippen LogP) is 5.78. The molecule has 2 fully saturated rings. The number of methoxy groups -OCH3 is 1. The lowest BCUT2D eigenvalue weighted by Crippen LogP contribution is -2.44. The fourth-order valence-corrected chi connectivity index (χ4v) is 6.71. The lowest BCUT2D eigenvalue weighted by molar-refractivity contribution is 0.0971. The zero-order chi connectivity index (χ0) is 23.6. The number of carbonyl (C=O) groups is 1. The maximum absolute atomic E-state index is 13.8. The average Bonchev–Trinajstić information content (AvgIpc) is 3.21. The van der Waals surface area contributed by atoms with E-state index in [0.29, 0.717) is 11.5 Å². The lowest BCUT2D eigenvalue weighted by atomic mass is 9.67. The van der Waals surface area contributed by atoms with Crippen molar-refractivity contribution >= 4 is 11.4 Å². The van der Waals surface area contributed by atoms with Gasteiger partial charge in [-0.3, -0.25) is 4.79 Å². The molecule has 1 saturated heterocycles. The van der Waals surface area contributed by atoms with Crippen LogP contribution in [-0.4, -0.2) is 36.9 Å². The molecule has 0 radical (unpaired) electrons. The Morgan fingerprint density at radius 1 is 1.06 bits per heavy atom. The fraction of sp³-hybridized carbons (Fsp3) is 0.467. The molecule has 2 aromatic rings. The minimum atomic E-state index is -0.252. The summed E-state index contributed by atoms with van der Waals surface area (Å²) < 4.78 is 5.88. The molecule has 6 rings (SSSR count). The number of hydrogen-bond acceptors (Lipinski definition) is 4. The van der Waals surface area contributed by atoms with Gasteiger partial charge in [-0.15, -0.1) is 0 Å². The second-order valence-electron chi connectivity index (χ2n) is 11.0. The molecule has 4 nitrogen and oxygen atoms in total. The Morgan fingerprint density at radius 2 is 1.82 bits per heavy atom. The Hall–Kier alpha value is -2.90. The third-order valence-electron chi connectivity index (χ3n) is 9.00. The van der Waals surface area contributed by atoms with Gasteiger partial charge in [-0.25, -0.2) is 0 Å². The molecule has 2 aromatic carbocycles. The van der Waals surface area contributed by atoms with Gasteiger partial charge >= 0.3 is 0 Å². The minimum absolute atomic E-state index is 0.0948. The van der Waals surface area contributed by atoms with Crippen molar-refractivity contribution < 1.29 is 9.53 Å². The van der Waals surface area contributed by atoms with Crippen LogP contribution in [0.25, 0.3) is 5.57 Å². The molecule has 174 valence electrons. The molecule has 1 saturated carbocycles. The Balaban J connectivity index is 1.38. The Kier molecular flexibility index (Phi) is 4.97. The van der Waals surface area contributed by atoms with Crippen molar-refractivity contribution in [2.75, 3.05) is 20.2 Å². The number of Topliss-reactive ketones (excluding diaryl/α,β-unsaturated/α-hetero) is 1. The monoisotopic (exact) mass is 452 g/mol. The normalized spacial score (nSPS) is 22.0. The van der Waals surface area contributed by atoms with Gasteiger partial charge < -0.3 is 9.64 Å². The highest BCUT2D eigenvalue weighted by atomic mass is 16.5. The summed E-state index contributed by atoms with van der Waals surface area (Å²) in [4.78, 5) is 16.5. The highest BCUT2D eigenvalue weighted by Crippen LogP contribution is 2.52. The fourth-order valence-electron chi connectivity index (χ4n) is 6.71. The molecule has 4 heteroatoms. The predicted molar refractivity (Wildman–Crippen MR) is 133 cm³/mol. The van der Waals surface area contributed by atoms with Crippen LogP contribution in [0.1, 0.15) is 90.0 Å². The van der Waals surface area contributed by atoms with E-state index in [-0.39, 0.29) is 11.2 Å². The molecule has 0 bridgehead atoms. The summed E-state index contributed by atoms with van der Waals surface area (Å²) in [5.74, 6) is 1.42. The average molecular weight is 453 g/mol. The number of rotatable bonds is 3. The first kappa shape index (κ1) is 21.6. The summed E-state index contributed by atoms with van der Waals surface area (Å²) in [5.41, 5.74) is 7.66. The number of piperidine rings is 1. The van der Waals surface area contributed by atoms with Gasteiger partial charge in [0.05, 0.1) is 18.7 Å². The molecule has 3 aliphatic carbocycles. The number of hydrogen-bond donors (Lipinski definition) is 0. The lowest BCUT2D eigenvalue weighted by Gasteiger charge is -2.42. The number of carbonyl (C=O) groups excluding carboxylic acids is 1. The van der Waals surface area contributed by atoms with Crippen LogP contribution in [0, 0.1) is 11.3 Å². The Morgan fingerprint density at radius 3 is 2.47 bits per heavy atom. The third-order valence-corrected chi connectivity index (χ3v) is 9.00. The molecule has 1 heterocycles. The molecule has 0 spiro atoms. The summed E-state index contributed by atoms with van der Waals surface area (Å²) in [6.07, 6.45) is 7.13. The summed E-state index contributed by atoms with van der Waals surface area (Å²) in [6.45, 7) is 6.81. The summed E-state index contributed by atoms with van der Waals surface area (Å²) in [7, 11) is 1.73. The van der Waals surface area contributed by atoms with Crippen molar-refractivity contribution in [3.05, 3.63) is 69.3 Å². The number of nitrogens with zero attached hydrogens (tertiary/aromatic N) is 2. The second-order valence-corrected chi connectivity index (χ2v) is 11.0. The number of allylic oxidation sites excluding steroid dienone is 2. The third kappa shape index (κ3) is 3.10. The van der Waals surface area contributed by atoms with Crippen molar-refractivity contribution in [1.29, 1.82) is 5.26 Å². The molecular weight excluding hydrogens is 420 g/mol. The van der Waals surface area contributed by atoms with Gasteiger partial charge in [0.25, 0.3) is 0 Å². The van der Waals surface area contributed by atoms with Crippen LogP contribution in [0.4, 0.5) is 0 Å². The van der Waals surface area contributed by atoms with E-state index in [1.807, 2.05) is 24.3 Å². The zero-order valence-electron chi connectivity index (χ0n) is 20.4. The van der Waals surface area contributed by atoms with Crippen molar-refractivity contribution in [3.8, 4) is 11.8 Å². The number of ether oxygens (including phenoxy) is 1. The van der Waals surface area contributed by atoms with Gasteiger partial charge in [0.1, 0.15) is 5.75 Å². The number of ketones is 1. The molecule has 0 aromatic heterocycles. The first-order valence-electron chi connectivity index (χ1n) is 12.7. The molecule has 0 amide bonds. The Labute approximate surface area is 202 Å². The van der Waals surface area contributed by atoms with Crippen LogP contribution in [0.3, 0.4) is 0 Å². The molecule has 4 aliphatic rings. The van der Waals surface area contributed by atoms with Gasteiger partial charge in [-0.05, 0) is 97.1 Å². The van der Waals surface area contributed by atoms with Gasteiger partial charge in [0.2, 0.25) is 0 Å². The minimum Gasteiger partial charge on any atom is -0.496 e. The maximum atomic E-state index is 13.8. The van der Waals surface area contributed by atoms with Crippen molar-refractivity contribution in [2.45, 2.75) is 69.7 Å². The second kappa shape index (κ2) is 7.82. The van der Waals surface area contributed by atoms with E-state index in [4.69, 9.17) is 4.74 Å². The van der Waals surface area contributed by atoms with E-state index in [1.165, 1.54) is 30.4 Å². The van der Waals surface area contributed by atoms with E-state index in [1.54, 1.807) is 7.11 Å². The molecule has 1 aliphatic heterocycles. The standard InChI is InChI=1S/C30H32N2O2/c1-30(2)25-15-23(19-9-11-32(12-10-19)21-5-4-6-21)27(34-3)16-24(25)29(33)28-22-8-7-18(17-31)13-20(22)14-26(28)30/h7-8,13,15-16,19,21H,4-6,9-12,14H2,1-3H3. The number of nitriles is 1. The van der Waals surface area contributed by atoms with Crippen LogP contribution in [-0.2, 0) is 11.8 Å². The zero-order valence-corrected chi connectivity index (χ0v) is 20.4. The van der Waals surface area contributed by atoms with Crippen LogP contribution >= 0.6 is 0 Å². The molecular formula is C30H32N2O2. The summed E-state index contributed by atoms with van der Waals surface area (Å²) in [5, 5.41) is 9.35. The van der Waals surface area contributed by atoms with E-state index in [0.717, 1.165) is 72.0 Å². The van der Waals surface area contributed by atoms with E-state index in [9.17, 15) is 10.1 Å².